The van der Waals surface area contributed by atoms with Crippen LogP contribution in [-0.2, 0) is 16.6 Å². The molecule has 11 heteroatoms. The summed E-state index contributed by atoms with van der Waals surface area (Å²) in [6, 6.07) is 12.0. The lowest BCUT2D eigenvalue weighted by atomic mass is 10.0. The number of rotatable bonds is 10. The summed E-state index contributed by atoms with van der Waals surface area (Å²) in [6.45, 7) is 3.66. The summed E-state index contributed by atoms with van der Waals surface area (Å²) in [7, 11) is 1.67. The second-order valence-electron chi connectivity index (χ2n) is 10.8. The van der Waals surface area contributed by atoms with Gasteiger partial charge in [0.25, 0.3) is 5.56 Å². The van der Waals surface area contributed by atoms with Crippen LogP contribution in [0.3, 0.4) is 0 Å². The third-order valence-electron chi connectivity index (χ3n) is 7.94. The van der Waals surface area contributed by atoms with Crippen molar-refractivity contribution in [1.82, 2.24) is 14.5 Å². The molecule has 5 rings (SSSR count). The van der Waals surface area contributed by atoms with Crippen LogP contribution in [-0.4, -0.2) is 58.4 Å². The monoisotopic (exact) mass is 569 g/mol. The standard InChI is InChI=1S/C31H32FN7O3/c1-4-5-13-31(35-36-31)14-6-17-42-30(41)29(22-7-9-23(32)10-8-22)38-15-16-39(21(2)20-38)26-18-27(40)37(3)25-12-11-24(19-33)34-28(25)26/h1,7-12,18,21,29H,5-6,13-17,20H2,2-3H3. The summed E-state index contributed by atoms with van der Waals surface area (Å²) in [5.41, 5.74) is 2.13. The molecule has 2 aliphatic rings. The van der Waals surface area contributed by atoms with Crippen molar-refractivity contribution in [2.75, 3.05) is 31.1 Å². The molecule has 2 atom stereocenters. The number of ether oxygens (including phenoxy) is 1. The first-order valence-electron chi connectivity index (χ1n) is 14.0. The van der Waals surface area contributed by atoms with E-state index in [4.69, 9.17) is 11.2 Å². The van der Waals surface area contributed by atoms with Crippen LogP contribution >= 0.6 is 0 Å². The Morgan fingerprint density at radius 3 is 2.64 bits per heavy atom. The van der Waals surface area contributed by atoms with Crippen LogP contribution in [0.25, 0.3) is 11.0 Å². The van der Waals surface area contributed by atoms with Gasteiger partial charge < -0.3 is 14.2 Å². The molecular weight excluding hydrogens is 537 g/mol. The first-order valence-corrected chi connectivity index (χ1v) is 14.0. The van der Waals surface area contributed by atoms with Crippen LogP contribution in [0.4, 0.5) is 10.1 Å². The third kappa shape index (κ3) is 6.02. The minimum atomic E-state index is -0.732. The number of fused-ring (bicyclic) bond motifs is 1. The molecular formula is C31H32FN7O3. The molecule has 42 heavy (non-hydrogen) atoms. The highest BCUT2D eigenvalue weighted by molar-refractivity contribution is 5.89. The van der Waals surface area contributed by atoms with Crippen molar-refractivity contribution >= 4 is 22.7 Å². The Morgan fingerprint density at radius 1 is 1.21 bits per heavy atom. The number of hydrogen-bond acceptors (Lipinski definition) is 9. The van der Waals surface area contributed by atoms with Crippen LogP contribution in [0, 0.1) is 29.5 Å². The van der Waals surface area contributed by atoms with Crippen molar-refractivity contribution in [3.63, 3.8) is 0 Å². The van der Waals surface area contributed by atoms with Crippen molar-refractivity contribution in [2.45, 2.75) is 50.4 Å². The molecule has 2 aromatic heterocycles. The van der Waals surface area contributed by atoms with Gasteiger partial charge >= 0.3 is 5.97 Å². The minimum absolute atomic E-state index is 0.119. The molecule has 3 aromatic rings. The fourth-order valence-corrected chi connectivity index (χ4v) is 5.59. The average Bonchev–Trinajstić information content (AvgIpc) is 3.77. The zero-order valence-corrected chi connectivity index (χ0v) is 23.7. The van der Waals surface area contributed by atoms with Gasteiger partial charge in [-0.25, -0.2) is 14.2 Å². The maximum Gasteiger partial charge on any atom is 0.328 e. The van der Waals surface area contributed by atoms with Crippen LogP contribution in [0.5, 0.6) is 0 Å². The van der Waals surface area contributed by atoms with E-state index in [0.29, 0.717) is 67.6 Å². The molecule has 2 unspecified atom stereocenters. The molecule has 1 aromatic carbocycles. The predicted molar refractivity (Wildman–Crippen MR) is 155 cm³/mol. The maximum atomic E-state index is 13.8. The number of piperazine rings is 1. The van der Waals surface area contributed by atoms with Crippen molar-refractivity contribution < 1.29 is 13.9 Å². The molecule has 0 N–H and O–H groups in total. The highest BCUT2D eigenvalue weighted by Crippen LogP contribution is 2.37. The minimum Gasteiger partial charge on any atom is -0.464 e. The van der Waals surface area contributed by atoms with Gasteiger partial charge in [0.1, 0.15) is 29.1 Å². The van der Waals surface area contributed by atoms with E-state index < -0.39 is 17.7 Å². The molecule has 4 heterocycles. The third-order valence-corrected chi connectivity index (χ3v) is 7.94. The second kappa shape index (κ2) is 12.1. The Labute approximate surface area is 243 Å². The first kappa shape index (κ1) is 28.9. The number of anilines is 1. The molecule has 10 nitrogen and oxygen atoms in total. The summed E-state index contributed by atoms with van der Waals surface area (Å²) in [4.78, 5) is 34.9. The highest BCUT2D eigenvalue weighted by Gasteiger charge is 2.39. The number of esters is 1. The van der Waals surface area contributed by atoms with E-state index in [9.17, 15) is 19.2 Å². The van der Waals surface area contributed by atoms with Crippen molar-refractivity contribution in [1.29, 1.82) is 5.26 Å². The summed E-state index contributed by atoms with van der Waals surface area (Å²) in [5, 5.41) is 17.7. The number of halogens is 1. The summed E-state index contributed by atoms with van der Waals surface area (Å²) in [6.07, 6.45) is 7.89. The van der Waals surface area contributed by atoms with Crippen LogP contribution in [0.15, 0.2) is 57.5 Å². The van der Waals surface area contributed by atoms with Gasteiger partial charge in [-0.15, -0.1) is 12.3 Å². The average molecular weight is 570 g/mol. The number of aromatic nitrogens is 2. The maximum absolute atomic E-state index is 13.8. The Balaban J connectivity index is 1.33. The van der Waals surface area contributed by atoms with Crippen LogP contribution in [0.1, 0.15) is 49.9 Å². The molecule has 0 radical (unpaired) electrons. The molecule has 0 amide bonds. The SMILES string of the molecule is C#CCCC1(CCCOC(=O)C(c2ccc(F)cc2)N2CCN(c3cc(=O)n(C)c4ccc(C#N)nc34)C(C)C2)N=N1. The lowest BCUT2D eigenvalue weighted by Crippen LogP contribution is -2.54. The normalized spacial score (nSPS) is 18.3. The highest BCUT2D eigenvalue weighted by atomic mass is 19.1. The smallest absolute Gasteiger partial charge is 0.328 e. The lowest BCUT2D eigenvalue weighted by molar-refractivity contribution is -0.151. The zero-order valence-electron chi connectivity index (χ0n) is 23.7. The van der Waals surface area contributed by atoms with Gasteiger partial charge in [0.15, 0.2) is 5.66 Å². The summed E-state index contributed by atoms with van der Waals surface area (Å²) < 4.78 is 21.0. The van der Waals surface area contributed by atoms with Gasteiger partial charge in [0.05, 0.1) is 17.8 Å². The van der Waals surface area contributed by atoms with E-state index in [2.05, 4.69) is 32.1 Å². The summed E-state index contributed by atoms with van der Waals surface area (Å²) in [5.74, 6) is 1.81. The largest absolute Gasteiger partial charge is 0.464 e. The number of aryl methyl sites for hydroxylation is 1. The number of pyridine rings is 2. The summed E-state index contributed by atoms with van der Waals surface area (Å²) >= 11 is 0. The van der Waals surface area contributed by atoms with Gasteiger partial charge in [-0.05, 0) is 49.6 Å². The quantitative estimate of drug-likeness (QED) is 0.205. The topological polar surface area (TPSA) is 116 Å². The van der Waals surface area contributed by atoms with Crippen molar-refractivity contribution in [3.05, 3.63) is 69.9 Å². The van der Waals surface area contributed by atoms with Gasteiger partial charge in [0, 0.05) is 51.6 Å². The number of carbonyl (C=O) groups excluding carboxylic acids is 1. The zero-order chi connectivity index (χ0) is 29.9. The van der Waals surface area contributed by atoms with Gasteiger partial charge in [-0.2, -0.15) is 15.5 Å². The molecule has 0 saturated carbocycles. The number of nitriles is 1. The molecule has 2 aliphatic heterocycles. The van der Waals surface area contributed by atoms with E-state index in [0.717, 1.165) is 0 Å². The van der Waals surface area contributed by atoms with Gasteiger partial charge in [-0.1, -0.05) is 12.1 Å². The van der Waals surface area contributed by atoms with Gasteiger partial charge in [0.2, 0.25) is 0 Å². The molecule has 0 bridgehead atoms. The first-order chi connectivity index (χ1) is 20.2. The number of carbonyl (C=O) groups is 1. The Bertz CT molecular complexity index is 1650. The Hall–Kier alpha value is -4.61. The molecule has 1 saturated heterocycles. The molecule has 0 aliphatic carbocycles. The Kier molecular flexibility index (Phi) is 8.32. The number of hydrogen-bond donors (Lipinski definition) is 0. The van der Waals surface area contributed by atoms with Crippen molar-refractivity contribution in [3.8, 4) is 18.4 Å². The molecule has 216 valence electrons. The molecule has 1 fully saturated rings. The van der Waals surface area contributed by atoms with E-state index >= 15 is 0 Å². The van der Waals surface area contributed by atoms with Crippen LogP contribution < -0.4 is 10.5 Å². The number of nitrogens with zero attached hydrogens (tertiary/aromatic N) is 7. The number of terminal acetylenes is 1. The van der Waals surface area contributed by atoms with E-state index in [-0.39, 0.29) is 29.7 Å². The van der Waals surface area contributed by atoms with Crippen LogP contribution in [0.2, 0.25) is 0 Å². The van der Waals surface area contributed by atoms with E-state index in [1.54, 1.807) is 37.4 Å². The predicted octanol–water partition coefficient (Wildman–Crippen LogP) is 4.09. The number of benzene rings is 1. The fraction of sp³-hybridized carbons (Fsp3) is 0.419. The fourth-order valence-electron chi connectivity index (χ4n) is 5.59. The van der Waals surface area contributed by atoms with Crippen molar-refractivity contribution in [2.24, 2.45) is 17.3 Å². The second-order valence-corrected chi connectivity index (χ2v) is 10.8. The van der Waals surface area contributed by atoms with E-state index in [1.807, 2.05) is 11.8 Å². The lowest BCUT2D eigenvalue weighted by Gasteiger charge is -2.43. The molecule has 0 spiro atoms. The van der Waals surface area contributed by atoms with Gasteiger partial charge in [-0.3, -0.25) is 9.69 Å². The van der Waals surface area contributed by atoms with E-state index in [1.165, 1.54) is 16.7 Å². The Morgan fingerprint density at radius 2 is 1.98 bits per heavy atom.